The standard InChI is InChI=1S/C12H23N5/c1-4-12-11(10-16(3)14-12)9-13-17-7-5-15(2)6-8-17/h10,13H,4-9H2,1-3H3. The fourth-order valence-electron chi connectivity index (χ4n) is 2.19. The van der Waals surface area contributed by atoms with Gasteiger partial charge in [-0.2, -0.15) is 5.10 Å². The Morgan fingerprint density at radius 2 is 1.94 bits per heavy atom. The third kappa shape index (κ3) is 3.28. The van der Waals surface area contributed by atoms with E-state index in [9.17, 15) is 0 Å². The first-order valence-corrected chi connectivity index (χ1v) is 6.37. The summed E-state index contributed by atoms with van der Waals surface area (Å²) in [5, 5.41) is 6.77. The molecule has 1 N–H and O–H groups in total. The first-order chi connectivity index (χ1) is 8.19. The van der Waals surface area contributed by atoms with Crippen molar-refractivity contribution in [2.24, 2.45) is 7.05 Å². The van der Waals surface area contributed by atoms with Crippen LogP contribution >= 0.6 is 0 Å². The second-order valence-corrected chi connectivity index (χ2v) is 4.75. The molecule has 1 aliphatic rings. The minimum absolute atomic E-state index is 0.890. The zero-order valence-electron chi connectivity index (χ0n) is 11.1. The minimum Gasteiger partial charge on any atom is -0.304 e. The van der Waals surface area contributed by atoms with Crippen molar-refractivity contribution in [3.63, 3.8) is 0 Å². The molecule has 17 heavy (non-hydrogen) atoms. The van der Waals surface area contributed by atoms with Gasteiger partial charge >= 0.3 is 0 Å². The average Bonchev–Trinajstić information content (AvgIpc) is 2.69. The fourth-order valence-corrected chi connectivity index (χ4v) is 2.19. The molecular formula is C12H23N5. The predicted molar refractivity (Wildman–Crippen MR) is 68.5 cm³/mol. The molecule has 5 heteroatoms. The molecule has 1 saturated heterocycles. The molecule has 0 amide bonds. The first kappa shape index (κ1) is 12.5. The highest BCUT2D eigenvalue weighted by Gasteiger charge is 2.14. The topological polar surface area (TPSA) is 36.3 Å². The van der Waals surface area contributed by atoms with Crippen molar-refractivity contribution >= 4 is 0 Å². The lowest BCUT2D eigenvalue weighted by atomic mass is 10.2. The van der Waals surface area contributed by atoms with E-state index in [4.69, 9.17) is 0 Å². The summed E-state index contributed by atoms with van der Waals surface area (Å²) in [6.07, 6.45) is 3.11. The summed E-state index contributed by atoms with van der Waals surface area (Å²) < 4.78 is 1.90. The number of hydrogen-bond acceptors (Lipinski definition) is 4. The number of hydrazine groups is 1. The minimum atomic E-state index is 0.890. The molecule has 0 unspecified atom stereocenters. The van der Waals surface area contributed by atoms with Gasteiger partial charge in [-0.1, -0.05) is 6.92 Å². The Hall–Kier alpha value is -0.910. The Morgan fingerprint density at radius 3 is 2.59 bits per heavy atom. The van der Waals surface area contributed by atoms with Gasteiger partial charge in [-0.25, -0.2) is 5.01 Å². The van der Waals surface area contributed by atoms with Crippen LogP contribution < -0.4 is 5.43 Å². The zero-order chi connectivity index (χ0) is 12.3. The van der Waals surface area contributed by atoms with Gasteiger partial charge in [-0.15, -0.1) is 0 Å². The highest BCUT2D eigenvalue weighted by atomic mass is 15.5. The van der Waals surface area contributed by atoms with Gasteiger partial charge in [-0.05, 0) is 13.5 Å². The lowest BCUT2D eigenvalue weighted by Crippen LogP contribution is -2.50. The fraction of sp³-hybridized carbons (Fsp3) is 0.750. The Kier molecular flexibility index (Phi) is 4.15. The van der Waals surface area contributed by atoms with Crippen LogP contribution in [0.2, 0.25) is 0 Å². The molecule has 0 bridgehead atoms. The van der Waals surface area contributed by atoms with Crippen LogP contribution in [0.15, 0.2) is 6.20 Å². The molecule has 2 heterocycles. The second-order valence-electron chi connectivity index (χ2n) is 4.75. The van der Waals surface area contributed by atoms with Gasteiger partial charge in [0.2, 0.25) is 0 Å². The molecule has 1 aromatic rings. The molecule has 0 spiro atoms. The lowest BCUT2D eigenvalue weighted by Gasteiger charge is -2.32. The van der Waals surface area contributed by atoms with E-state index in [0.29, 0.717) is 0 Å². The normalized spacial score (nSPS) is 18.8. The van der Waals surface area contributed by atoms with Crippen LogP contribution in [0.5, 0.6) is 0 Å². The largest absolute Gasteiger partial charge is 0.304 e. The SMILES string of the molecule is CCc1nn(C)cc1CNN1CCN(C)CC1. The maximum absolute atomic E-state index is 4.45. The van der Waals surface area contributed by atoms with Crippen molar-refractivity contribution in [2.45, 2.75) is 19.9 Å². The molecule has 0 aromatic carbocycles. The average molecular weight is 237 g/mol. The zero-order valence-corrected chi connectivity index (χ0v) is 11.1. The summed E-state index contributed by atoms with van der Waals surface area (Å²) in [5.74, 6) is 0. The van der Waals surface area contributed by atoms with Crippen LogP contribution in [0, 0.1) is 0 Å². The summed E-state index contributed by atoms with van der Waals surface area (Å²) in [6, 6.07) is 0. The number of hydrogen-bond donors (Lipinski definition) is 1. The molecule has 0 radical (unpaired) electrons. The van der Waals surface area contributed by atoms with E-state index < -0.39 is 0 Å². The number of rotatable bonds is 4. The van der Waals surface area contributed by atoms with Crippen molar-refractivity contribution in [1.82, 2.24) is 25.1 Å². The number of aromatic nitrogens is 2. The van der Waals surface area contributed by atoms with Crippen LogP contribution in [0.25, 0.3) is 0 Å². The number of aryl methyl sites for hydroxylation is 2. The number of nitrogens with zero attached hydrogens (tertiary/aromatic N) is 4. The third-order valence-corrected chi connectivity index (χ3v) is 3.32. The van der Waals surface area contributed by atoms with E-state index in [1.165, 1.54) is 11.3 Å². The van der Waals surface area contributed by atoms with E-state index in [0.717, 1.165) is 39.1 Å². The summed E-state index contributed by atoms with van der Waals surface area (Å²) >= 11 is 0. The summed E-state index contributed by atoms with van der Waals surface area (Å²) in [4.78, 5) is 2.36. The lowest BCUT2D eigenvalue weighted by molar-refractivity contribution is 0.102. The Balaban J connectivity index is 1.85. The van der Waals surface area contributed by atoms with Crippen molar-refractivity contribution in [3.05, 3.63) is 17.5 Å². The third-order valence-electron chi connectivity index (χ3n) is 3.32. The van der Waals surface area contributed by atoms with Crippen molar-refractivity contribution < 1.29 is 0 Å². The molecule has 0 saturated carbocycles. The Bertz CT molecular complexity index is 352. The van der Waals surface area contributed by atoms with Gasteiger partial charge in [-0.3, -0.25) is 10.1 Å². The summed E-state index contributed by atoms with van der Waals surface area (Å²) in [5.41, 5.74) is 6.02. The van der Waals surface area contributed by atoms with Gasteiger partial charge in [0, 0.05) is 51.5 Å². The van der Waals surface area contributed by atoms with Crippen molar-refractivity contribution in [2.75, 3.05) is 33.2 Å². The number of likely N-dealkylation sites (N-methyl/N-ethyl adjacent to an activating group) is 1. The van der Waals surface area contributed by atoms with Gasteiger partial charge in [0.15, 0.2) is 0 Å². The van der Waals surface area contributed by atoms with Crippen LogP contribution in [0.3, 0.4) is 0 Å². The van der Waals surface area contributed by atoms with E-state index in [1.54, 1.807) is 0 Å². The van der Waals surface area contributed by atoms with E-state index in [1.807, 2.05) is 11.7 Å². The van der Waals surface area contributed by atoms with Crippen LogP contribution in [0.1, 0.15) is 18.2 Å². The Labute approximate surface area is 103 Å². The summed E-state index contributed by atoms with van der Waals surface area (Å²) in [6.45, 7) is 7.51. The van der Waals surface area contributed by atoms with Crippen LogP contribution in [0.4, 0.5) is 0 Å². The molecule has 5 nitrogen and oxygen atoms in total. The maximum atomic E-state index is 4.45. The molecule has 2 rings (SSSR count). The van der Waals surface area contributed by atoms with Gasteiger partial charge in [0.25, 0.3) is 0 Å². The quantitative estimate of drug-likeness (QED) is 0.813. The molecule has 1 fully saturated rings. The summed E-state index contributed by atoms with van der Waals surface area (Å²) in [7, 11) is 4.16. The monoisotopic (exact) mass is 237 g/mol. The number of nitrogens with one attached hydrogen (secondary N) is 1. The van der Waals surface area contributed by atoms with Crippen molar-refractivity contribution in [1.29, 1.82) is 0 Å². The van der Waals surface area contributed by atoms with Gasteiger partial charge in [0.05, 0.1) is 5.69 Å². The van der Waals surface area contributed by atoms with E-state index in [2.05, 4.69) is 40.6 Å². The molecule has 0 aliphatic carbocycles. The molecular weight excluding hydrogens is 214 g/mol. The van der Waals surface area contributed by atoms with Crippen molar-refractivity contribution in [3.8, 4) is 0 Å². The molecule has 1 aromatic heterocycles. The highest BCUT2D eigenvalue weighted by Crippen LogP contribution is 2.07. The molecule has 96 valence electrons. The second kappa shape index (κ2) is 5.62. The number of piperazine rings is 1. The van der Waals surface area contributed by atoms with E-state index >= 15 is 0 Å². The van der Waals surface area contributed by atoms with Crippen LogP contribution in [-0.2, 0) is 20.0 Å². The van der Waals surface area contributed by atoms with Crippen LogP contribution in [-0.4, -0.2) is 52.9 Å². The first-order valence-electron chi connectivity index (χ1n) is 6.37. The molecule has 0 atom stereocenters. The van der Waals surface area contributed by atoms with Gasteiger partial charge < -0.3 is 4.90 Å². The smallest absolute Gasteiger partial charge is 0.0667 e. The van der Waals surface area contributed by atoms with Gasteiger partial charge in [0.1, 0.15) is 0 Å². The molecule has 1 aliphatic heterocycles. The highest BCUT2D eigenvalue weighted by molar-refractivity contribution is 5.16. The maximum Gasteiger partial charge on any atom is 0.0667 e. The Morgan fingerprint density at radius 1 is 1.24 bits per heavy atom. The van der Waals surface area contributed by atoms with E-state index in [-0.39, 0.29) is 0 Å². The predicted octanol–water partition coefficient (Wildman–Crippen LogP) is 0.235.